The third-order valence-corrected chi connectivity index (χ3v) is 2.40. The summed E-state index contributed by atoms with van der Waals surface area (Å²) >= 11 is 0. The van der Waals surface area contributed by atoms with Crippen molar-refractivity contribution in [3.63, 3.8) is 0 Å². The number of nitrogens with one attached hydrogen (secondary N) is 1. The fourth-order valence-corrected chi connectivity index (χ4v) is 1.34. The standard InChI is InChI=1S/C9H12F3N3O3/c1-5(9(10,11)12)13-6(16)3-15-7(17)4-14(2)8(15)18/h5H,3-4H2,1-2H3,(H,13,16). The van der Waals surface area contributed by atoms with Gasteiger partial charge in [-0.25, -0.2) is 4.79 Å². The third kappa shape index (κ3) is 3.11. The Labute approximate surface area is 101 Å². The maximum absolute atomic E-state index is 12.2. The molecule has 0 aromatic carbocycles. The molecule has 1 fully saturated rings. The second-order valence-corrected chi connectivity index (χ2v) is 3.95. The van der Waals surface area contributed by atoms with Crippen LogP contribution in [-0.4, -0.2) is 60.0 Å². The van der Waals surface area contributed by atoms with Crippen molar-refractivity contribution in [3.8, 4) is 0 Å². The highest BCUT2D eigenvalue weighted by atomic mass is 19.4. The van der Waals surface area contributed by atoms with Crippen molar-refractivity contribution in [2.75, 3.05) is 20.1 Å². The topological polar surface area (TPSA) is 69.7 Å². The molecule has 18 heavy (non-hydrogen) atoms. The van der Waals surface area contributed by atoms with Crippen LogP contribution in [0.4, 0.5) is 18.0 Å². The van der Waals surface area contributed by atoms with Crippen LogP contribution in [0.15, 0.2) is 0 Å². The van der Waals surface area contributed by atoms with E-state index in [0.29, 0.717) is 4.90 Å². The zero-order valence-electron chi connectivity index (χ0n) is 9.74. The Bertz CT molecular complexity index is 383. The lowest BCUT2D eigenvalue weighted by Crippen LogP contribution is -2.48. The quantitative estimate of drug-likeness (QED) is 0.729. The smallest absolute Gasteiger partial charge is 0.343 e. The van der Waals surface area contributed by atoms with Crippen molar-refractivity contribution in [1.82, 2.24) is 15.1 Å². The van der Waals surface area contributed by atoms with Crippen molar-refractivity contribution >= 4 is 17.8 Å². The number of carbonyl (C=O) groups is 3. The van der Waals surface area contributed by atoms with Crippen LogP contribution >= 0.6 is 0 Å². The molecule has 1 rings (SSSR count). The van der Waals surface area contributed by atoms with Crippen LogP contribution < -0.4 is 5.32 Å². The van der Waals surface area contributed by atoms with Crippen LogP contribution in [0.5, 0.6) is 0 Å². The number of hydrogen-bond donors (Lipinski definition) is 1. The van der Waals surface area contributed by atoms with E-state index in [2.05, 4.69) is 0 Å². The normalized spacial score (nSPS) is 18.3. The molecule has 1 saturated heterocycles. The van der Waals surface area contributed by atoms with Crippen molar-refractivity contribution < 1.29 is 27.6 Å². The number of alkyl halides is 3. The second-order valence-electron chi connectivity index (χ2n) is 3.95. The number of halogens is 3. The molecular formula is C9H12F3N3O3. The van der Waals surface area contributed by atoms with E-state index in [-0.39, 0.29) is 6.54 Å². The summed E-state index contributed by atoms with van der Waals surface area (Å²) in [4.78, 5) is 35.6. The first-order chi connectivity index (χ1) is 8.12. The van der Waals surface area contributed by atoms with Gasteiger partial charge < -0.3 is 10.2 Å². The summed E-state index contributed by atoms with van der Waals surface area (Å²) in [5, 5.41) is 1.67. The molecule has 1 aliphatic rings. The molecular weight excluding hydrogens is 255 g/mol. The largest absolute Gasteiger partial charge is 0.408 e. The molecule has 9 heteroatoms. The Kier molecular flexibility index (Phi) is 3.82. The average Bonchev–Trinajstić information content (AvgIpc) is 2.43. The van der Waals surface area contributed by atoms with Crippen LogP contribution in [0.2, 0.25) is 0 Å². The summed E-state index contributed by atoms with van der Waals surface area (Å²) in [6.07, 6.45) is -4.56. The van der Waals surface area contributed by atoms with Gasteiger partial charge in [0, 0.05) is 7.05 Å². The van der Waals surface area contributed by atoms with Gasteiger partial charge in [-0.3, -0.25) is 14.5 Å². The minimum atomic E-state index is -4.56. The Balaban J connectivity index is 2.56. The first-order valence-corrected chi connectivity index (χ1v) is 5.04. The van der Waals surface area contributed by atoms with Crippen molar-refractivity contribution in [3.05, 3.63) is 0 Å². The molecule has 4 amide bonds. The van der Waals surface area contributed by atoms with E-state index in [1.165, 1.54) is 7.05 Å². The summed E-state index contributed by atoms with van der Waals surface area (Å²) in [5.41, 5.74) is 0. The van der Waals surface area contributed by atoms with Crippen LogP contribution in [0.3, 0.4) is 0 Å². The Morgan fingerprint density at radius 1 is 1.44 bits per heavy atom. The number of urea groups is 1. The van der Waals surface area contributed by atoms with Gasteiger partial charge in [0.05, 0.1) is 0 Å². The lowest BCUT2D eigenvalue weighted by atomic mass is 10.3. The molecule has 1 unspecified atom stereocenters. The highest BCUT2D eigenvalue weighted by Crippen LogP contribution is 2.19. The monoisotopic (exact) mass is 267 g/mol. The molecule has 1 atom stereocenters. The summed E-state index contributed by atoms with van der Waals surface area (Å²) < 4.78 is 36.5. The van der Waals surface area contributed by atoms with Crippen molar-refractivity contribution in [1.29, 1.82) is 0 Å². The highest BCUT2D eigenvalue weighted by Gasteiger charge is 2.39. The molecule has 0 aromatic rings. The minimum absolute atomic E-state index is 0.180. The van der Waals surface area contributed by atoms with Crippen LogP contribution in [0.1, 0.15) is 6.92 Å². The zero-order valence-corrected chi connectivity index (χ0v) is 9.74. The summed E-state index contributed by atoms with van der Waals surface area (Å²) in [7, 11) is 1.36. The minimum Gasteiger partial charge on any atom is -0.343 e. The Morgan fingerprint density at radius 3 is 2.39 bits per heavy atom. The van der Waals surface area contributed by atoms with E-state index in [9.17, 15) is 27.6 Å². The molecule has 1 N–H and O–H groups in total. The molecule has 0 spiro atoms. The van der Waals surface area contributed by atoms with Crippen LogP contribution in [0.25, 0.3) is 0 Å². The van der Waals surface area contributed by atoms with E-state index in [0.717, 1.165) is 11.8 Å². The van der Waals surface area contributed by atoms with Gasteiger partial charge in [-0.15, -0.1) is 0 Å². The molecule has 1 heterocycles. The first-order valence-electron chi connectivity index (χ1n) is 5.04. The fourth-order valence-electron chi connectivity index (χ4n) is 1.34. The number of nitrogens with zero attached hydrogens (tertiary/aromatic N) is 2. The SMILES string of the molecule is CC(NC(=O)CN1C(=O)CN(C)C1=O)C(F)(F)F. The van der Waals surface area contributed by atoms with E-state index < -0.39 is 36.6 Å². The molecule has 6 nitrogen and oxygen atoms in total. The van der Waals surface area contributed by atoms with E-state index in [1.807, 2.05) is 0 Å². The predicted molar refractivity (Wildman–Crippen MR) is 53.4 cm³/mol. The number of hydrogen-bond acceptors (Lipinski definition) is 3. The van der Waals surface area contributed by atoms with Crippen molar-refractivity contribution in [2.45, 2.75) is 19.1 Å². The molecule has 1 aliphatic heterocycles. The number of carbonyl (C=O) groups excluding carboxylic acids is 3. The maximum Gasteiger partial charge on any atom is 0.408 e. The van der Waals surface area contributed by atoms with E-state index >= 15 is 0 Å². The van der Waals surface area contributed by atoms with Gasteiger partial charge in [0.1, 0.15) is 19.1 Å². The molecule has 0 saturated carbocycles. The number of likely N-dealkylation sites (N-methyl/N-ethyl adjacent to an activating group) is 1. The summed E-state index contributed by atoms with van der Waals surface area (Å²) in [6, 6.07) is -2.73. The number of rotatable bonds is 3. The first kappa shape index (κ1) is 14.3. The molecule has 0 aromatic heterocycles. The van der Waals surface area contributed by atoms with Gasteiger partial charge in [0.2, 0.25) is 5.91 Å². The molecule has 0 aliphatic carbocycles. The van der Waals surface area contributed by atoms with Crippen LogP contribution in [-0.2, 0) is 9.59 Å². The van der Waals surface area contributed by atoms with Gasteiger partial charge in [-0.2, -0.15) is 13.2 Å². The second kappa shape index (κ2) is 4.83. The van der Waals surface area contributed by atoms with Gasteiger partial charge in [0.15, 0.2) is 0 Å². The lowest BCUT2D eigenvalue weighted by molar-refractivity contribution is -0.158. The zero-order chi connectivity index (χ0) is 14.1. The van der Waals surface area contributed by atoms with E-state index in [4.69, 9.17) is 0 Å². The Hall–Kier alpha value is -1.80. The van der Waals surface area contributed by atoms with Gasteiger partial charge in [-0.1, -0.05) is 0 Å². The van der Waals surface area contributed by atoms with Gasteiger partial charge >= 0.3 is 12.2 Å². The molecule has 0 radical (unpaired) electrons. The summed E-state index contributed by atoms with van der Waals surface area (Å²) in [5.74, 6) is -1.64. The third-order valence-electron chi connectivity index (χ3n) is 2.40. The average molecular weight is 267 g/mol. The predicted octanol–water partition coefficient (Wildman–Crippen LogP) is -0.0526. The van der Waals surface area contributed by atoms with Gasteiger partial charge in [0.25, 0.3) is 5.91 Å². The molecule has 102 valence electrons. The number of imide groups is 1. The fraction of sp³-hybridized carbons (Fsp3) is 0.667. The number of amides is 4. The highest BCUT2D eigenvalue weighted by molar-refractivity contribution is 6.04. The Morgan fingerprint density at radius 2 is 2.00 bits per heavy atom. The van der Waals surface area contributed by atoms with Crippen LogP contribution in [0, 0.1) is 0 Å². The molecule has 0 bridgehead atoms. The lowest BCUT2D eigenvalue weighted by Gasteiger charge is -2.19. The van der Waals surface area contributed by atoms with E-state index in [1.54, 1.807) is 5.32 Å². The summed E-state index contributed by atoms with van der Waals surface area (Å²) in [6.45, 7) is -0.110. The maximum atomic E-state index is 12.2. The van der Waals surface area contributed by atoms with Gasteiger partial charge in [-0.05, 0) is 6.92 Å². The van der Waals surface area contributed by atoms with Crippen molar-refractivity contribution in [2.24, 2.45) is 0 Å².